The van der Waals surface area contributed by atoms with Crippen LogP contribution in [0.5, 0.6) is 0 Å². The summed E-state index contributed by atoms with van der Waals surface area (Å²) < 4.78 is 0. The number of rotatable bonds is 0. The third-order valence-electron chi connectivity index (χ3n) is 2.61. The number of nitrogen functional groups attached to an aromatic ring is 1. The zero-order valence-corrected chi connectivity index (χ0v) is 10.5. The third-order valence-corrected chi connectivity index (χ3v) is 2.85. The molecule has 3 heteroatoms. The molecule has 0 atom stereocenters. The molecule has 16 heavy (non-hydrogen) atoms. The summed E-state index contributed by atoms with van der Waals surface area (Å²) in [5, 5.41) is 1.78. The summed E-state index contributed by atoms with van der Waals surface area (Å²) in [4.78, 5) is 4.31. The van der Waals surface area contributed by atoms with Gasteiger partial charge in [0.05, 0.1) is 17.4 Å². The minimum atomic E-state index is -0.000890. The molecular weight excluding hydrogens is 220 g/mol. The van der Waals surface area contributed by atoms with Gasteiger partial charge in [0.15, 0.2) is 0 Å². The fraction of sp³-hybridized carbons (Fsp3) is 0.308. The maximum absolute atomic E-state index is 6.02. The molecule has 0 spiro atoms. The Morgan fingerprint density at radius 3 is 2.56 bits per heavy atom. The average Bonchev–Trinajstić information content (AvgIpc) is 2.16. The van der Waals surface area contributed by atoms with E-state index in [9.17, 15) is 0 Å². The van der Waals surface area contributed by atoms with Gasteiger partial charge in [0.25, 0.3) is 0 Å². The molecular formula is C13H15ClN2. The molecule has 0 aliphatic carbocycles. The topological polar surface area (TPSA) is 38.9 Å². The molecule has 2 rings (SSSR count). The van der Waals surface area contributed by atoms with Crippen LogP contribution in [0, 0.1) is 0 Å². The van der Waals surface area contributed by atoms with Crippen molar-refractivity contribution in [1.29, 1.82) is 0 Å². The molecule has 84 valence electrons. The Labute approximate surface area is 100 Å². The van der Waals surface area contributed by atoms with Gasteiger partial charge < -0.3 is 5.73 Å². The number of fused-ring (bicyclic) bond motifs is 1. The van der Waals surface area contributed by atoms with Gasteiger partial charge in [-0.15, -0.1) is 0 Å². The van der Waals surface area contributed by atoms with Gasteiger partial charge in [-0.2, -0.15) is 0 Å². The van der Waals surface area contributed by atoms with Crippen molar-refractivity contribution < 1.29 is 0 Å². The molecule has 0 saturated heterocycles. The Kier molecular flexibility index (Phi) is 2.55. The van der Waals surface area contributed by atoms with Crippen LogP contribution in [0.4, 0.5) is 5.69 Å². The number of benzene rings is 1. The Bertz CT molecular complexity index is 541. The molecule has 0 radical (unpaired) electrons. The SMILES string of the molecule is CC(C)(C)c1c(N)cnc2cc(Cl)ccc12. The van der Waals surface area contributed by atoms with Gasteiger partial charge in [-0.3, -0.25) is 4.98 Å². The van der Waals surface area contributed by atoms with Crippen molar-refractivity contribution >= 4 is 28.2 Å². The van der Waals surface area contributed by atoms with Crippen LogP contribution < -0.4 is 5.73 Å². The molecule has 1 heterocycles. The zero-order valence-electron chi connectivity index (χ0n) is 9.71. The fourth-order valence-corrected chi connectivity index (χ4v) is 2.19. The van der Waals surface area contributed by atoms with E-state index in [4.69, 9.17) is 17.3 Å². The van der Waals surface area contributed by atoms with Crippen molar-refractivity contribution in [2.75, 3.05) is 5.73 Å². The molecule has 1 aromatic carbocycles. The van der Waals surface area contributed by atoms with Crippen molar-refractivity contribution in [3.05, 3.63) is 35.0 Å². The molecule has 1 aromatic heterocycles. The van der Waals surface area contributed by atoms with Crippen LogP contribution >= 0.6 is 11.6 Å². The first-order valence-electron chi connectivity index (χ1n) is 5.24. The predicted octanol–water partition coefficient (Wildman–Crippen LogP) is 3.77. The van der Waals surface area contributed by atoms with E-state index in [0.717, 1.165) is 22.2 Å². The van der Waals surface area contributed by atoms with Crippen molar-refractivity contribution in [3.63, 3.8) is 0 Å². The minimum absolute atomic E-state index is 0.000890. The van der Waals surface area contributed by atoms with E-state index in [1.807, 2.05) is 18.2 Å². The van der Waals surface area contributed by atoms with Crippen LogP contribution in [0.3, 0.4) is 0 Å². The largest absolute Gasteiger partial charge is 0.397 e. The minimum Gasteiger partial charge on any atom is -0.397 e. The zero-order chi connectivity index (χ0) is 11.9. The lowest BCUT2D eigenvalue weighted by Gasteiger charge is -2.23. The van der Waals surface area contributed by atoms with Crippen LogP contribution in [0.25, 0.3) is 10.9 Å². The molecule has 2 nitrogen and oxygen atoms in total. The predicted molar refractivity (Wildman–Crippen MR) is 69.9 cm³/mol. The molecule has 0 aliphatic heterocycles. The number of anilines is 1. The Morgan fingerprint density at radius 2 is 1.94 bits per heavy atom. The van der Waals surface area contributed by atoms with Crippen molar-refractivity contribution in [3.8, 4) is 0 Å². The number of hydrogen-bond donors (Lipinski definition) is 1. The lowest BCUT2D eigenvalue weighted by molar-refractivity contribution is 0.597. The van der Waals surface area contributed by atoms with E-state index in [1.165, 1.54) is 0 Å². The van der Waals surface area contributed by atoms with Gasteiger partial charge in [0.2, 0.25) is 0 Å². The maximum atomic E-state index is 6.02. The van der Waals surface area contributed by atoms with Crippen molar-refractivity contribution in [2.24, 2.45) is 0 Å². The third kappa shape index (κ3) is 1.85. The smallest absolute Gasteiger partial charge is 0.0721 e. The number of aromatic nitrogens is 1. The van der Waals surface area contributed by atoms with Crippen LogP contribution in [0.2, 0.25) is 5.02 Å². The highest BCUT2D eigenvalue weighted by molar-refractivity contribution is 6.31. The second-order valence-corrected chi connectivity index (χ2v) is 5.44. The monoisotopic (exact) mass is 234 g/mol. The number of hydrogen-bond acceptors (Lipinski definition) is 2. The van der Waals surface area contributed by atoms with Gasteiger partial charge in [-0.05, 0) is 23.1 Å². The van der Waals surface area contributed by atoms with Gasteiger partial charge in [0.1, 0.15) is 0 Å². The molecule has 2 aromatic rings. The van der Waals surface area contributed by atoms with Crippen molar-refractivity contribution in [1.82, 2.24) is 4.98 Å². The van der Waals surface area contributed by atoms with E-state index in [2.05, 4.69) is 25.8 Å². The van der Waals surface area contributed by atoms with E-state index < -0.39 is 0 Å². The summed E-state index contributed by atoms with van der Waals surface area (Å²) in [5.74, 6) is 0. The Hall–Kier alpha value is -1.28. The first-order chi connectivity index (χ1) is 7.39. The van der Waals surface area contributed by atoms with Crippen LogP contribution in [0.1, 0.15) is 26.3 Å². The molecule has 0 amide bonds. The molecule has 0 bridgehead atoms. The molecule has 0 unspecified atom stereocenters. The summed E-state index contributed by atoms with van der Waals surface area (Å²) in [5.41, 5.74) is 8.78. The van der Waals surface area contributed by atoms with Gasteiger partial charge in [-0.1, -0.05) is 38.4 Å². The maximum Gasteiger partial charge on any atom is 0.0721 e. The second kappa shape index (κ2) is 3.63. The second-order valence-electron chi connectivity index (χ2n) is 5.00. The number of pyridine rings is 1. The normalized spacial score (nSPS) is 12.0. The number of nitrogens with two attached hydrogens (primary N) is 1. The van der Waals surface area contributed by atoms with Crippen molar-refractivity contribution in [2.45, 2.75) is 26.2 Å². The molecule has 0 saturated carbocycles. The highest BCUT2D eigenvalue weighted by Gasteiger charge is 2.20. The summed E-state index contributed by atoms with van der Waals surface area (Å²) >= 11 is 5.95. The quantitative estimate of drug-likeness (QED) is 0.754. The molecule has 0 fully saturated rings. The van der Waals surface area contributed by atoms with E-state index in [-0.39, 0.29) is 5.41 Å². The highest BCUT2D eigenvalue weighted by atomic mass is 35.5. The number of halogens is 1. The van der Waals surface area contributed by atoms with Gasteiger partial charge >= 0.3 is 0 Å². The van der Waals surface area contributed by atoms with E-state index in [0.29, 0.717) is 5.02 Å². The Balaban J connectivity index is 2.85. The lowest BCUT2D eigenvalue weighted by atomic mass is 9.84. The highest BCUT2D eigenvalue weighted by Crippen LogP contribution is 2.34. The lowest BCUT2D eigenvalue weighted by Crippen LogP contribution is -2.15. The van der Waals surface area contributed by atoms with Gasteiger partial charge in [-0.25, -0.2) is 0 Å². The summed E-state index contributed by atoms with van der Waals surface area (Å²) in [6, 6.07) is 5.73. The van der Waals surface area contributed by atoms with E-state index in [1.54, 1.807) is 6.20 Å². The van der Waals surface area contributed by atoms with Crippen LogP contribution in [-0.2, 0) is 5.41 Å². The first-order valence-corrected chi connectivity index (χ1v) is 5.61. The summed E-state index contributed by atoms with van der Waals surface area (Å²) in [6.07, 6.45) is 1.71. The van der Waals surface area contributed by atoms with Crippen LogP contribution in [0.15, 0.2) is 24.4 Å². The molecule has 0 aliphatic rings. The summed E-state index contributed by atoms with van der Waals surface area (Å²) in [6.45, 7) is 6.44. The number of nitrogens with zero attached hydrogens (tertiary/aromatic N) is 1. The van der Waals surface area contributed by atoms with Crippen LogP contribution in [-0.4, -0.2) is 4.98 Å². The average molecular weight is 235 g/mol. The summed E-state index contributed by atoms with van der Waals surface area (Å²) in [7, 11) is 0. The fourth-order valence-electron chi connectivity index (χ4n) is 2.02. The van der Waals surface area contributed by atoms with E-state index >= 15 is 0 Å². The standard InChI is InChI=1S/C13H15ClN2/c1-13(2,3)12-9-5-4-8(14)6-11(9)16-7-10(12)15/h4-7H,15H2,1-3H3. The molecule has 2 N–H and O–H groups in total. The van der Waals surface area contributed by atoms with Gasteiger partial charge in [0, 0.05) is 10.4 Å². The first kappa shape index (κ1) is 11.2. The Morgan fingerprint density at radius 1 is 1.25 bits per heavy atom.